The van der Waals surface area contributed by atoms with E-state index in [9.17, 15) is 9.59 Å². The van der Waals surface area contributed by atoms with E-state index < -0.39 is 0 Å². The number of hydrogen-bond donors (Lipinski definition) is 0. The Kier molecular flexibility index (Phi) is 6.96. The minimum absolute atomic E-state index is 0.0123. The van der Waals surface area contributed by atoms with E-state index in [1.807, 2.05) is 28.1 Å². The summed E-state index contributed by atoms with van der Waals surface area (Å²) < 4.78 is 0. The molecule has 0 aliphatic carbocycles. The van der Waals surface area contributed by atoms with Gasteiger partial charge in [-0.05, 0) is 67.1 Å². The van der Waals surface area contributed by atoms with Gasteiger partial charge >= 0.3 is 0 Å². The Morgan fingerprint density at radius 1 is 1.00 bits per heavy atom. The number of halogens is 1. The van der Waals surface area contributed by atoms with Crippen molar-refractivity contribution in [1.82, 2.24) is 14.7 Å². The third kappa shape index (κ3) is 5.01. The summed E-state index contributed by atoms with van der Waals surface area (Å²) in [7, 11) is 0. The molecule has 2 amide bonds. The summed E-state index contributed by atoms with van der Waals surface area (Å²) in [5.41, 5.74) is 4.42. The fourth-order valence-electron chi connectivity index (χ4n) is 5.20. The first-order valence-electron chi connectivity index (χ1n) is 12.1. The van der Waals surface area contributed by atoms with E-state index >= 15 is 0 Å². The van der Waals surface area contributed by atoms with E-state index in [1.165, 1.54) is 21.6 Å². The Morgan fingerprint density at radius 2 is 1.74 bits per heavy atom. The molecule has 0 unspecified atom stereocenters. The van der Waals surface area contributed by atoms with E-state index in [1.54, 1.807) is 24.3 Å². The zero-order chi connectivity index (χ0) is 24.5. The molecule has 0 spiro atoms. The van der Waals surface area contributed by atoms with Gasteiger partial charge in [-0.15, -0.1) is 11.3 Å². The molecule has 1 saturated heterocycles. The fraction of sp³-hybridized carbons (Fsp3) is 0.357. The monoisotopic (exact) mass is 507 g/mol. The summed E-state index contributed by atoms with van der Waals surface area (Å²) in [4.78, 5) is 34.0. The molecular weight excluding hydrogens is 478 g/mol. The van der Waals surface area contributed by atoms with Gasteiger partial charge in [0.2, 0.25) is 5.91 Å². The summed E-state index contributed by atoms with van der Waals surface area (Å²) >= 11 is 7.78. The molecule has 2 aliphatic heterocycles. The molecule has 5 nitrogen and oxygen atoms in total. The summed E-state index contributed by atoms with van der Waals surface area (Å²) in [6.45, 7) is 6.99. The van der Waals surface area contributed by atoms with Crippen LogP contribution in [0.2, 0.25) is 5.02 Å². The fourth-order valence-corrected chi connectivity index (χ4v) is 6.23. The van der Waals surface area contributed by atoms with Crippen LogP contribution in [0.5, 0.6) is 0 Å². The molecule has 7 heteroatoms. The number of carbonyl (C=O) groups excluding carboxylic acids is 2. The van der Waals surface area contributed by atoms with Crippen LogP contribution in [0.4, 0.5) is 0 Å². The number of amides is 2. The molecule has 2 aromatic carbocycles. The lowest BCUT2D eigenvalue weighted by Gasteiger charge is -2.42. The standard InChI is InChI=1S/C28H30ClN3O2S/c1-19-3-5-21(6-4-19)27-24-12-16-35-25(24)11-13-31(27)18-26(33)30-14-15-32(20(2)17-30)28(34)22-7-9-23(29)10-8-22/h3-10,12,16,20,27H,11,13-15,17-18H2,1-2H3/t20-,27-/m1/s1. The van der Waals surface area contributed by atoms with E-state index in [0.29, 0.717) is 36.8 Å². The van der Waals surface area contributed by atoms with Crippen molar-refractivity contribution in [2.24, 2.45) is 0 Å². The van der Waals surface area contributed by atoms with Crippen molar-refractivity contribution < 1.29 is 9.59 Å². The summed E-state index contributed by atoms with van der Waals surface area (Å²) in [6.07, 6.45) is 0.975. The number of hydrogen-bond acceptors (Lipinski definition) is 4. The molecule has 2 atom stereocenters. The predicted octanol–water partition coefficient (Wildman–Crippen LogP) is 5.03. The van der Waals surface area contributed by atoms with Crippen LogP contribution in [0, 0.1) is 6.92 Å². The number of fused-ring (bicyclic) bond motifs is 1. The van der Waals surface area contributed by atoms with Crippen molar-refractivity contribution in [2.75, 3.05) is 32.7 Å². The van der Waals surface area contributed by atoms with Crippen LogP contribution >= 0.6 is 22.9 Å². The van der Waals surface area contributed by atoms with Gasteiger partial charge in [0.15, 0.2) is 0 Å². The average Bonchev–Trinajstić information content (AvgIpc) is 3.33. The van der Waals surface area contributed by atoms with Crippen molar-refractivity contribution in [2.45, 2.75) is 32.4 Å². The van der Waals surface area contributed by atoms with Crippen LogP contribution < -0.4 is 0 Å². The van der Waals surface area contributed by atoms with Crippen LogP contribution in [-0.2, 0) is 11.2 Å². The second-order valence-electron chi connectivity index (χ2n) is 9.53. The lowest BCUT2D eigenvalue weighted by Crippen LogP contribution is -2.57. The molecule has 2 aliphatic rings. The molecule has 0 bridgehead atoms. The van der Waals surface area contributed by atoms with Gasteiger partial charge in [-0.1, -0.05) is 41.4 Å². The normalized spacial score (nSPS) is 20.5. The third-order valence-electron chi connectivity index (χ3n) is 7.13. The highest BCUT2D eigenvalue weighted by atomic mass is 35.5. The first kappa shape index (κ1) is 24.0. The number of thiophene rings is 1. The smallest absolute Gasteiger partial charge is 0.254 e. The molecular formula is C28H30ClN3O2S. The largest absolute Gasteiger partial charge is 0.338 e. The minimum Gasteiger partial charge on any atom is -0.338 e. The van der Waals surface area contributed by atoms with Crippen LogP contribution in [0.25, 0.3) is 0 Å². The molecule has 1 fully saturated rings. The molecule has 0 radical (unpaired) electrons. The topological polar surface area (TPSA) is 43.9 Å². The van der Waals surface area contributed by atoms with Gasteiger partial charge in [-0.25, -0.2) is 0 Å². The number of piperazine rings is 1. The maximum absolute atomic E-state index is 13.4. The van der Waals surface area contributed by atoms with Gasteiger partial charge in [-0.2, -0.15) is 0 Å². The molecule has 5 rings (SSSR count). The van der Waals surface area contributed by atoms with Gasteiger partial charge in [0.25, 0.3) is 5.91 Å². The lowest BCUT2D eigenvalue weighted by molar-refractivity contribution is -0.135. The summed E-state index contributed by atoms with van der Waals surface area (Å²) in [5.74, 6) is 0.118. The van der Waals surface area contributed by atoms with E-state index in [-0.39, 0.29) is 23.9 Å². The Balaban J connectivity index is 1.27. The molecule has 0 N–H and O–H groups in total. The van der Waals surface area contributed by atoms with Gasteiger partial charge in [0.1, 0.15) is 0 Å². The van der Waals surface area contributed by atoms with Crippen LogP contribution in [0.15, 0.2) is 60.0 Å². The quantitative estimate of drug-likeness (QED) is 0.497. The third-order valence-corrected chi connectivity index (χ3v) is 8.38. The number of nitrogens with zero attached hydrogens (tertiary/aromatic N) is 3. The molecule has 182 valence electrons. The van der Waals surface area contributed by atoms with Crippen molar-refractivity contribution in [1.29, 1.82) is 0 Å². The molecule has 0 saturated carbocycles. The second-order valence-corrected chi connectivity index (χ2v) is 11.0. The predicted molar refractivity (Wildman–Crippen MR) is 141 cm³/mol. The van der Waals surface area contributed by atoms with Crippen LogP contribution in [-0.4, -0.2) is 65.3 Å². The van der Waals surface area contributed by atoms with Gasteiger partial charge < -0.3 is 9.80 Å². The SMILES string of the molecule is Cc1ccc([C@@H]2c3ccsc3CCN2CC(=O)N2CCN(C(=O)c3ccc(Cl)cc3)[C@H](C)C2)cc1. The van der Waals surface area contributed by atoms with Crippen LogP contribution in [0.1, 0.15) is 44.9 Å². The van der Waals surface area contributed by atoms with E-state index in [4.69, 9.17) is 11.6 Å². The Labute approximate surface area is 215 Å². The second kappa shape index (κ2) is 10.1. The highest BCUT2D eigenvalue weighted by Gasteiger charge is 2.34. The van der Waals surface area contributed by atoms with Crippen LogP contribution in [0.3, 0.4) is 0 Å². The molecule has 3 heterocycles. The lowest BCUT2D eigenvalue weighted by atomic mass is 9.92. The Hall–Kier alpha value is -2.67. The number of rotatable bonds is 4. The highest BCUT2D eigenvalue weighted by Crippen LogP contribution is 2.37. The summed E-state index contributed by atoms with van der Waals surface area (Å²) in [5, 5.41) is 2.77. The van der Waals surface area contributed by atoms with Gasteiger partial charge in [-0.3, -0.25) is 14.5 Å². The van der Waals surface area contributed by atoms with Crippen molar-refractivity contribution in [3.63, 3.8) is 0 Å². The van der Waals surface area contributed by atoms with E-state index in [2.05, 4.69) is 47.5 Å². The maximum Gasteiger partial charge on any atom is 0.254 e. The van der Waals surface area contributed by atoms with E-state index in [0.717, 1.165) is 13.0 Å². The average molecular weight is 508 g/mol. The highest BCUT2D eigenvalue weighted by molar-refractivity contribution is 7.10. The first-order chi connectivity index (χ1) is 16.9. The van der Waals surface area contributed by atoms with Crippen molar-refractivity contribution >= 4 is 34.8 Å². The van der Waals surface area contributed by atoms with Crippen molar-refractivity contribution in [3.8, 4) is 0 Å². The number of benzene rings is 2. The molecule has 1 aromatic heterocycles. The number of carbonyl (C=O) groups is 2. The zero-order valence-corrected chi connectivity index (χ0v) is 21.7. The first-order valence-corrected chi connectivity index (χ1v) is 13.4. The number of aryl methyl sites for hydroxylation is 1. The summed E-state index contributed by atoms with van der Waals surface area (Å²) in [6, 6.07) is 17.9. The Morgan fingerprint density at radius 3 is 2.46 bits per heavy atom. The van der Waals surface area contributed by atoms with Gasteiger partial charge in [0.05, 0.1) is 12.6 Å². The zero-order valence-electron chi connectivity index (χ0n) is 20.1. The molecule has 3 aromatic rings. The Bertz CT molecular complexity index is 1210. The van der Waals surface area contributed by atoms with Crippen molar-refractivity contribution in [3.05, 3.63) is 92.1 Å². The molecule has 35 heavy (non-hydrogen) atoms. The van der Waals surface area contributed by atoms with Gasteiger partial charge in [0, 0.05) is 47.7 Å². The minimum atomic E-state index is -0.0476. The maximum atomic E-state index is 13.4.